The average molecular weight is 340 g/mol. The monoisotopic (exact) mass is 340 g/mol. The molecule has 0 spiro atoms. The summed E-state index contributed by atoms with van der Waals surface area (Å²) in [6.45, 7) is -0.0888. The molecule has 126 valence electrons. The maximum atomic E-state index is 12.1. The van der Waals surface area contributed by atoms with Gasteiger partial charge < -0.3 is 14.8 Å². The number of amides is 1. The minimum absolute atomic E-state index is 0.144. The molecule has 23 heavy (non-hydrogen) atoms. The van der Waals surface area contributed by atoms with E-state index in [1.165, 1.54) is 0 Å². The number of hydrogen-bond donors (Lipinski definition) is 2. The predicted molar refractivity (Wildman–Crippen MR) is 83.6 cm³/mol. The molecule has 0 saturated heterocycles. The van der Waals surface area contributed by atoms with Gasteiger partial charge in [-0.1, -0.05) is 18.9 Å². The zero-order chi connectivity index (χ0) is 16.3. The number of hydrogen-bond acceptors (Lipinski definition) is 5. The van der Waals surface area contributed by atoms with Crippen LogP contribution in [-0.4, -0.2) is 33.7 Å². The van der Waals surface area contributed by atoms with Crippen molar-refractivity contribution in [2.24, 2.45) is 0 Å². The fourth-order valence-electron chi connectivity index (χ4n) is 2.83. The molecular formula is C15H20N2O5S. The predicted octanol–water partition coefficient (Wildman–Crippen LogP) is 0.893. The Hall–Kier alpha value is -1.80. The van der Waals surface area contributed by atoms with Gasteiger partial charge in [0.1, 0.15) is 0 Å². The van der Waals surface area contributed by atoms with Crippen molar-refractivity contribution in [2.75, 3.05) is 13.3 Å². The van der Waals surface area contributed by atoms with Crippen molar-refractivity contribution >= 4 is 15.9 Å². The number of rotatable bonds is 6. The molecule has 1 saturated carbocycles. The first-order chi connectivity index (χ1) is 11.0. The Morgan fingerprint density at radius 1 is 1.17 bits per heavy atom. The zero-order valence-electron chi connectivity index (χ0n) is 12.7. The second kappa shape index (κ2) is 6.76. The van der Waals surface area contributed by atoms with Crippen LogP contribution in [-0.2, 0) is 20.6 Å². The van der Waals surface area contributed by atoms with E-state index in [4.69, 9.17) is 9.47 Å². The third-order valence-corrected chi connectivity index (χ3v) is 5.26. The summed E-state index contributed by atoms with van der Waals surface area (Å²) in [5, 5.41) is 2.85. The normalized spacial score (nSPS) is 17.4. The highest BCUT2D eigenvalue weighted by Crippen LogP contribution is 2.32. The number of fused-ring (bicyclic) bond motifs is 1. The quantitative estimate of drug-likeness (QED) is 0.802. The Balaban J connectivity index is 1.51. The lowest BCUT2D eigenvalue weighted by Gasteiger charge is -2.12. The second-order valence-corrected chi connectivity index (χ2v) is 7.62. The third-order valence-electron chi connectivity index (χ3n) is 3.97. The minimum Gasteiger partial charge on any atom is -0.454 e. The molecule has 0 unspecified atom stereocenters. The topological polar surface area (TPSA) is 93.7 Å². The van der Waals surface area contributed by atoms with E-state index in [2.05, 4.69) is 10.0 Å². The van der Waals surface area contributed by atoms with Gasteiger partial charge in [0.25, 0.3) is 0 Å². The van der Waals surface area contributed by atoms with Crippen molar-refractivity contribution in [3.8, 4) is 11.5 Å². The highest BCUT2D eigenvalue weighted by molar-refractivity contribution is 7.88. The summed E-state index contributed by atoms with van der Waals surface area (Å²) in [4.78, 5) is 11.8. The first-order valence-corrected chi connectivity index (χ1v) is 9.32. The van der Waals surface area contributed by atoms with Crippen LogP contribution in [0.2, 0.25) is 0 Å². The van der Waals surface area contributed by atoms with Gasteiger partial charge in [0.05, 0.1) is 12.3 Å². The maximum absolute atomic E-state index is 12.1. The molecular weight excluding hydrogens is 320 g/mol. The van der Waals surface area contributed by atoms with Crippen molar-refractivity contribution in [3.63, 3.8) is 0 Å². The molecule has 1 aromatic carbocycles. The molecule has 1 aliphatic heterocycles. The van der Waals surface area contributed by atoms with Crippen LogP contribution in [0, 0.1) is 0 Å². The van der Waals surface area contributed by atoms with Crippen LogP contribution in [0.4, 0.5) is 0 Å². The number of nitrogens with one attached hydrogen (secondary N) is 2. The van der Waals surface area contributed by atoms with E-state index in [-0.39, 0.29) is 31.0 Å². The Labute approximate surface area is 135 Å². The van der Waals surface area contributed by atoms with E-state index in [1.54, 1.807) is 18.2 Å². The molecule has 7 nitrogen and oxygen atoms in total. The van der Waals surface area contributed by atoms with E-state index in [9.17, 15) is 13.2 Å². The molecule has 0 atom stereocenters. The molecule has 0 bridgehead atoms. The summed E-state index contributed by atoms with van der Waals surface area (Å²) in [6, 6.07) is 5.17. The van der Waals surface area contributed by atoms with Crippen LogP contribution in [0.5, 0.6) is 11.5 Å². The van der Waals surface area contributed by atoms with Crippen LogP contribution < -0.4 is 19.5 Å². The Bertz CT molecular complexity index is 683. The van der Waals surface area contributed by atoms with Crippen molar-refractivity contribution < 1.29 is 22.7 Å². The van der Waals surface area contributed by atoms with Gasteiger partial charge in [-0.05, 0) is 30.5 Å². The smallest absolute Gasteiger partial charge is 0.235 e. The SMILES string of the molecule is O=C(CNS(=O)(=O)Cc1ccc2c(c1)OCO2)NC1CCCC1. The Morgan fingerprint density at radius 3 is 2.70 bits per heavy atom. The lowest BCUT2D eigenvalue weighted by Crippen LogP contribution is -2.41. The average Bonchev–Trinajstić information content (AvgIpc) is 3.15. The highest BCUT2D eigenvalue weighted by atomic mass is 32.2. The summed E-state index contributed by atoms with van der Waals surface area (Å²) in [7, 11) is -3.59. The molecule has 1 heterocycles. The molecule has 1 aliphatic carbocycles. The van der Waals surface area contributed by atoms with E-state index >= 15 is 0 Å². The van der Waals surface area contributed by atoms with Crippen molar-refractivity contribution in [2.45, 2.75) is 37.5 Å². The van der Waals surface area contributed by atoms with Gasteiger partial charge in [0.2, 0.25) is 22.7 Å². The van der Waals surface area contributed by atoms with E-state index < -0.39 is 10.0 Å². The fourth-order valence-corrected chi connectivity index (χ4v) is 3.90. The van der Waals surface area contributed by atoms with E-state index in [0.717, 1.165) is 25.7 Å². The van der Waals surface area contributed by atoms with Crippen LogP contribution in [0.1, 0.15) is 31.2 Å². The van der Waals surface area contributed by atoms with E-state index in [0.29, 0.717) is 17.1 Å². The molecule has 0 radical (unpaired) electrons. The van der Waals surface area contributed by atoms with Gasteiger partial charge in [-0.25, -0.2) is 13.1 Å². The fraction of sp³-hybridized carbons (Fsp3) is 0.533. The molecule has 3 rings (SSSR count). The maximum Gasteiger partial charge on any atom is 0.235 e. The van der Waals surface area contributed by atoms with Crippen molar-refractivity contribution in [3.05, 3.63) is 23.8 Å². The van der Waals surface area contributed by atoms with Crippen LogP contribution in [0.3, 0.4) is 0 Å². The standard InChI is InChI=1S/C15H20N2O5S/c18-15(17-12-3-1-2-4-12)8-16-23(19,20)9-11-5-6-13-14(7-11)22-10-21-13/h5-7,12,16H,1-4,8-10H2,(H,17,18). The number of sulfonamides is 1. The molecule has 8 heteroatoms. The molecule has 2 aliphatic rings. The van der Waals surface area contributed by atoms with Crippen molar-refractivity contribution in [1.82, 2.24) is 10.0 Å². The third kappa shape index (κ3) is 4.35. The number of carbonyl (C=O) groups is 1. The minimum atomic E-state index is -3.59. The first-order valence-electron chi connectivity index (χ1n) is 7.67. The largest absolute Gasteiger partial charge is 0.454 e. The van der Waals surface area contributed by atoms with Gasteiger partial charge in [-0.15, -0.1) is 0 Å². The molecule has 1 amide bonds. The van der Waals surface area contributed by atoms with Gasteiger partial charge in [-0.2, -0.15) is 0 Å². The number of carbonyl (C=O) groups excluding carboxylic acids is 1. The Morgan fingerprint density at radius 2 is 1.91 bits per heavy atom. The van der Waals surface area contributed by atoms with Gasteiger partial charge in [-0.3, -0.25) is 4.79 Å². The van der Waals surface area contributed by atoms with Crippen LogP contribution in [0.25, 0.3) is 0 Å². The van der Waals surface area contributed by atoms with Crippen LogP contribution >= 0.6 is 0 Å². The lowest BCUT2D eigenvalue weighted by molar-refractivity contribution is -0.120. The van der Waals surface area contributed by atoms with Crippen molar-refractivity contribution in [1.29, 1.82) is 0 Å². The van der Waals surface area contributed by atoms with Gasteiger partial charge in [0, 0.05) is 6.04 Å². The summed E-state index contributed by atoms with van der Waals surface area (Å²) < 4.78 is 36.9. The molecule has 0 aromatic heterocycles. The highest BCUT2D eigenvalue weighted by Gasteiger charge is 2.20. The van der Waals surface area contributed by atoms with Crippen LogP contribution in [0.15, 0.2) is 18.2 Å². The summed E-state index contributed by atoms with van der Waals surface area (Å²) in [5.41, 5.74) is 0.581. The summed E-state index contributed by atoms with van der Waals surface area (Å²) in [6.07, 6.45) is 4.16. The molecule has 1 fully saturated rings. The zero-order valence-corrected chi connectivity index (χ0v) is 13.5. The van der Waals surface area contributed by atoms with Gasteiger partial charge in [0.15, 0.2) is 11.5 Å². The summed E-state index contributed by atoms with van der Waals surface area (Å²) >= 11 is 0. The lowest BCUT2D eigenvalue weighted by atomic mass is 10.2. The second-order valence-electron chi connectivity index (χ2n) is 5.82. The number of ether oxygens (including phenoxy) is 2. The Kier molecular flexibility index (Phi) is 4.72. The van der Waals surface area contributed by atoms with Gasteiger partial charge >= 0.3 is 0 Å². The van der Waals surface area contributed by atoms with E-state index in [1.807, 2.05) is 0 Å². The molecule has 2 N–H and O–H groups in total. The first kappa shape index (κ1) is 16.1. The summed E-state index contributed by atoms with van der Waals surface area (Å²) in [5.74, 6) is 0.651. The number of benzene rings is 1. The molecule has 1 aromatic rings.